The van der Waals surface area contributed by atoms with Gasteiger partial charge >= 0.3 is 0 Å². The monoisotopic (exact) mass is 321 g/mol. The van der Waals surface area contributed by atoms with E-state index in [0.717, 1.165) is 12.4 Å². The lowest BCUT2D eigenvalue weighted by molar-refractivity contribution is -0.132. The van der Waals surface area contributed by atoms with Crippen LogP contribution in [0.5, 0.6) is 0 Å². The average molecular weight is 321 g/mol. The summed E-state index contributed by atoms with van der Waals surface area (Å²) in [4.78, 5) is 28.0. The first kappa shape index (κ1) is 17.4. The van der Waals surface area contributed by atoms with E-state index < -0.39 is 0 Å². The van der Waals surface area contributed by atoms with Gasteiger partial charge in [-0.05, 0) is 20.8 Å². The lowest BCUT2D eigenvalue weighted by Crippen LogP contribution is -2.43. The number of aromatic nitrogens is 3. The van der Waals surface area contributed by atoms with Gasteiger partial charge in [-0.3, -0.25) is 9.59 Å². The molecule has 1 fully saturated rings. The second kappa shape index (κ2) is 6.68. The number of likely N-dealkylation sites (tertiary alicyclic amines) is 1. The van der Waals surface area contributed by atoms with Crippen LogP contribution >= 0.6 is 0 Å². The molecule has 0 bridgehead atoms. The minimum absolute atomic E-state index is 0.0784. The summed E-state index contributed by atoms with van der Waals surface area (Å²) in [6.45, 7) is 7.48. The Kier molecular flexibility index (Phi) is 5.06. The third-order valence-corrected chi connectivity index (χ3v) is 4.34. The zero-order valence-electron chi connectivity index (χ0n) is 14.7. The average Bonchev–Trinajstić information content (AvgIpc) is 3.01. The molecular formula is C16H27N5O2. The van der Waals surface area contributed by atoms with Crippen LogP contribution in [-0.4, -0.2) is 62.1 Å². The first-order valence-corrected chi connectivity index (χ1v) is 8.05. The first-order valence-electron chi connectivity index (χ1n) is 8.05. The van der Waals surface area contributed by atoms with Crippen molar-refractivity contribution in [1.29, 1.82) is 0 Å². The Labute approximate surface area is 137 Å². The normalized spacial score (nSPS) is 18.6. The van der Waals surface area contributed by atoms with Crippen LogP contribution in [0.25, 0.3) is 0 Å². The molecule has 7 heteroatoms. The van der Waals surface area contributed by atoms with E-state index in [1.807, 2.05) is 44.3 Å². The zero-order valence-corrected chi connectivity index (χ0v) is 14.7. The molecule has 1 aliphatic rings. The molecule has 1 aliphatic heterocycles. The largest absolute Gasteiger partial charge is 0.345 e. The molecule has 128 valence electrons. The van der Waals surface area contributed by atoms with Crippen molar-refractivity contribution in [2.75, 3.05) is 20.1 Å². The lowest BCUT2D eigenvalue weighted by Gasteiger charge is -2.32. The quantitative estimate of drug-likeness (QED) is 0.806. The van der Waals surface area contributed by atoms with Crippen molar-refractivity contribution in [2.45, 2.75) is 45.6 Å². The van der Waals surface area contributed by atoms with Gasteiger partial charge in [0, 0.05) is 57.9 Å². The van der Waals surface area contributed by atoms with Crippen molar-refractivity contribution < 1.29 is 9.59 Å². The van der Waals surface area contributed by atoms with Gasteiger partial charge in [-0.15, -0.1) is 10.2 Å². The van der Waals surface area contributed by atoms with Crippen LogP contribution in [0, 0.1) is 5.92 Å². The minimum Gasteiger partial charge on any atom is -0.345 e. The predicted molar refractivity (Wildman–Crippen MR) is 86.5 cm³/mol. The standard InChI is InChI=1S/C16H27N5O2/c1-16(2,3)21-10-12(8-15(21)23)9-19(4)14(22)7-6-13-18-17-11-20(13)5/h11-12H,6-10H2,1-5H3/t12-/m1/s1. The van der Waals surface area contributed by atoms with Gasteiger partial charge in [-0.2, -0.15) is 0 Å². The maximum absolute atomic E-state index is 12.3. The van der Waals surface area contributed by atoms with E-state index in [2.05, 4.69) is 10.2 Å². The third kappa shape index (κ3) is 4.30. The van der Waals surface area contributed by atoms with E-state index in [1.165, 1.54) is 0 Å². The highest BCUT2D eigenvalue weighted by molar-refractivity contribution is 5.80. The topological polar surface area (TPSA) is 71.3 Å². The summed E-state index contributed by atoms with van der Waals surface area (Å²) >= 11 is 0. The van der Waals surface area contributed by atoms with Crippen LogP contribution in [0.2, 0.25) is 0 Å². The molecule has 0 spiro atoms. The molecule has 1 aromatic heterocycles. The van der Waals surface area contributed by atoms with Gasteiger partial charge in [0.1, 0.15) is 12.2 Å². The van der Waals surface area contributed by atoms with E-state index in [1.54, 1.807) is 11.2 Å². The number of rotatable bonds is 5. The summed E-state index contributed by atoms with van der Waals surface area (Å²) in [7, 11) is 3.68. The molecule has 0 radical (unpaired) electrons. The molecule has 0 N–H and O–H groups in total. The highest BCUT2D eigenvalue weighted by atomic mass is 16.2. The van der Waals surface area contributed by atoms with Crippen LogP contribution in [0.3, 0.4) is 0 Å². The Balaban J connectivity index is 1.82. The highest BCUT2D eigenvalue weighted by Gasteiger charge is 2.36. The van der Waals surface area contributed by atoms with Gasteiger partial charge in [-0.1, -0.05) is 0 Å². The summed E-state index contributed by atoms with van der Waals surface area (Å²) in [5.41, 5.74) is -0.153. The van der Waals surface area contributed by atoms with Gasteiger partial charge in [0.15, 0.2) is 0 Å². The molecule has 0 unspecified atom stereocenters. The van der Waals surface area contributed by atoms with Crippen LogP contribution in [0.15, 0.2) is 6.33 Å². The summed E-state index contributed by atoms with van der Waals surface area (Å²) in [5.74, 6) is 1.28. The fourth-order valence-electron chi connectivity index (χ4n) is 2.98. The van der Waals surface area contributed by atoms with Crippen LogP contribution in [0.4, 0.5) is 0 Å². The predicted octanol–water partition coefficient (Wildman–Crippen LogP) is 0.853. The Hall–Kier alpha value is -1.92. The van der Waals surface area contributed by atoms with Crippen LogP contribution in [-0.2, 0) is 23.1 Å². The first-order chi connectivity index (χ1) is 10.7. The molecular weight excluding hydrogens is 294 g/mol. The minimum atomic E-state index is -0.153. The van der Waals surface area contributed by atoms with Gasteiger partial charge in [0.05, 0.1) is 0 Å². The molecule has 1 saturated heterocycles. The van der Waals surface area contributed by atoms with Crippen LogP contribution in [0.1, 0.15) is 39.4 Å². The number of hydrogen-bond donors (Lipinski definition) is 0. The second-order valence-corrected chi connectivity index (χ2v) is 7.38. The molecule has 0 aliphatic carbocycles. The molecule has 2 amide bonds. The Morgan fingerprint density at radius 1 is 1.43 bits per heavy atom. The molecule has 2 rings (SSSR count). The summed E-state index contributed by atoms with van der Waals surface area (Å²) in [6, 6.07) is 0. The summed E-state index contributed by atoms with van der Waals surface area (Å²) in [6.07, 6.45) is 3.15. The number of aryl methyl sites for hydroxylation is 2. The number of hydrogen-bond acceptors (Lipinski definition) is 4. The second-order valence-electron chi connectivity index (χ2n) is 7.38. The number of carbonyl (C=O) groups is 2. The fraction of sp³-hybridized carbons (Fsp3) is 0.750. The van der Waals surface area contributed by atoms with Crippen molar-refractivity contribution in [1.82, 2.24) is 24.6 Å². The lowest BCUT2D eigenvalue weighted by atomic mass is 10.1. The number of nitrogens with zero attached hydrogens (tertiary/aromatic N) is 5. The van der Waals surface area contributed by atoms with Gasteiger partial charge in [-0.25, -0.2) is 0 Å². The van der Waals surface area contributed by atoms with Crippen molar-refractivity contribution >= 4 is 11.8 Å². The number of carbonyl (C=O) groups excluding carboxylic acids is 2. The maximum Gasteiger partial charge on any atom is 0.223 e. The fourth-order valence-corrected chi connectivity index (χ4v) is 2.98. The Morgan fingerprint density at radius 3 is 2.65 bits per heavy atom. The smallest absolute Gasteiger partial charge is 0.223 e. The maximum atomic E-state index is 12.3. The van der Waals surface area contributed by atoms with Crippen LogP contribution < -0.4 is 0 Å². The molecule has 23 heavy (non-hydrogen) atoms. The molecule has 7 nitrogen and oxygen atoms in total. The Morgan fingerprint density at radius 2 is 2.13 bits per heavy atom. The molecule has 0 aromatic carbocycles. The van der Waals surface area contributed by atoms with E-state index in [0.29, 0.717) is 25.8 Å². The SMILES string of the molecule is CN(C[C@H]1CC(=O)N(C(C)(C)C)C1)C(=O)CCc1nncn1C. The highest BCUT2D eigenvalue weighted by Crippen LogP contribution is 2.26. The van der Waals surface area contributed by atoms with Gasteiger partial charge in [0.2, 0.25) is 11.8 Å². The van der Waals surface area contributed by atoms with Crippen molar-refractivity contribution in [3.8, 4) is 0 Å². The van der Waals surface area contributed by atoms with E-state index in [9.17, 15) is 9.59 Å². The van der Waals surface area contributed by atoms with E-state index in [-0.39, 0.29) is 23.3 Å². The van der Waals surface area contributed by atoms with Crippen molar-refractivity contribution in [3.63, 3.8) is 0 Å². The number of amides is 2. The van der Waals surface area contributed by atoms with Gasteiger partial charge in [0.25, 0.3) is 0 Å². The zero-order chi connectivity index (χ0) is 17.2. The Bertz CT molecular complexity index is 575. The third-order valence-electron chi connectivity index (χ3n) is 4.34. The summed E-state index contributed by atoms with van der Waals surface area (Å²) < 4.78 is 1.82. The summed E-state index contributed by atoms with van der Waals surface area (Å²) in [5, 5.41) is 7.80. The van der Waals surface area contributed by atoms with Gasteiger partial charge < -0.3 is 14.4 Å². The molecule has 1 atom stereocenters. The van der Waals surface area contributed by atoms with E-state index >= 15 is 0 Å². The molecule has 1 aromatic rings. The van der Waals surface area contributed by atoms with E-state index in [4.69, 9.17) is 0 Å². The van der Waals surface area contributed by atoms with Crippen molar-refractivity contribution in [3.05, 3.63) is 12.2 Å². The molecule has 2 heterocycles. The van der Waals surface area contributed by atoms with Crippen molar-refractivity contribution in [2.24, 2.45) is 13.0 Å². The molecule has 0 saturated carbocycles.